The van der Waals surface area contributed by atoms with Gasteiger partial charge in [0.05, 0.1) is 17.7 Å². The molecule has 4 aliphatic rings. The Bertz CT molecular complexity index is 1560. The normalized spacial score (nSPS) is 24.1. The summed E-state index contributed by atoms with van der Waals surface area (Å²) in [4.78, 5) is 37.1. The molecule has 54 heavy (non-hydrogen) atoms. The number of benzene rings is 2. The lowest BCUT2D eigenvalue weighted by Crippen LogP contribution is -2.44. The van der Waals surface area contributed by atoms with Gasteiger partial charge < -0.3 is 36.6 Å². The van der Waals surface area contributed by atoms with Crippen molar-refractivity contribution >= 4 is 29.6 Å². The Labute approximate surface area is 327 Å². The first kappa shape index (κ1) is 40.5. The Morgan fingerprint density at radius 2 is 1.72 bits per heavy atom. The topological polar surface area (TPSA) is 133 Å². The maximum Gasteiger partial charge on any atom is 0.315 e. The number of nitrogens with one attached hydrogen (secondary N) is 6. The number of fused-ring (bicyclic) bond motifs is 1. The van der Waals surface area contributed by atoms with Gasteiger partial charge in [-0.25, -0.2) is 4.79 Å². The molecule has 0 bridgehead atoms. The summed E-state index contributed by atoms with van der Waals surface area (Å²) in [6.07, 6.45) is 9.55. The second kappa shape index (κ2) is 18.7. The zero-order valence-corrected chi connectivity index (χ0v) is 33.8. The first-order valence-electron chi connectivity index (χ1n) is 20.5. The van der Waals surface area contributed by atoms with E-state index < -0.39 is 5.60 Å². The highest BCUT2D eigenvalue weighted by atomic mass is 32.2. The zero-order chi connectivity index (χ0) is 38.1. The molecule has 10 nitrogen and oxygen atoms in total. The van der Waals surface area contributed by atoms with Crippen LogP contribution in [0, 0.1) is 0 Å². The van der Waals surface area contributed by atoms with Gasteiger partial charge >= 0.3 is 6.03 Å². The van der Waals surface area contributed by atoms with Gasteiger partial charge in [-0.1, -0.05) is 55.0 Å². The molecule has 0 spiro atoms. The second-order valence-electron chi connectivity index (χ2n) is 17.2. The van der Waals surface area contributed by atoms with E-state index in [4.69, 9.17) is 4.74 Å². The summed E-state index contributed by atoms with van der Waals surface area (Å²) < 4.78 is 6.23. The number of carbonyl (C=O) groups is 3. The first-order valence-corrected chi connectivity index (χ1v) is 21.5. The van der Waals surface area contributed by atoms with Crippen LogP contribution in [0.4, 0.5) is 4.79 Å². The number of hydrogen-bond acceptors (Lipinski definition) is 7. The Morgan fingerprint density at radius 3 is 2.52 bits per heavy atom. The van der Waals surface area contributed by atoms with Gasteiger partial charge in [-0.05, 0) is 114 Å². The molecule has 1 saturated carbocycles. The van der Waals surface area contributed by atoms with E-state index in [1.54, 1.807) is 0 Å². The molecule has 11 heteroatoms. The largest absolute Gasteiger partial charge is 0.375 e. The number of rotatable bonds is 20. The monoisotopic (exact) mass is 760 g/mol. The number of carbonyl (C=O) groups excluding carboxylic acids is 3. The van der Waals surface area contributed by atoms with Gasteiger partial charge in [0, 0.05) is 60.5 Å². The second-order valence-corrected chi connectivity index (χ2v) is 18.5. The minimum atomic E-state index is -0.396. The highest BCUT2D eigenvalue weighted by molar-refractivity contribution is 8.00. The minimum Gasteiger partial charge on any atom is -0.375 e. The maximum atomic E-state index is 12.8. The van der Waals surface area contributed by atoms with Crippen molar-refractivity contribution in [3.8, 4) is 11.1 Å². The molecule has 296 valence electrons. The molecule has 0 radical (unpaired) electrons. The van der Waals surface area contributed by atoms with Crippen LogP contribution in [0.25, 0.3) is 11.1 Å². The van der Waals surface area contributed by atoms with Crippen molar-refractivity contribution in [2.75, 3.05) is 32.0 Å². The molecule has 3 heterocycles. The Balaban J connectivity index is 0.821. The summed E-state index contributed by atoms with van der Waals surface area (Å²) in [6.45, 7) is 11.5. The third-order valence-corrected chi connectivity index (χ3v) is 13.2. The van der Waals surface area contributed by atoms with E-state index in [1.165, 1.54) is 36.0 Å². The van der Waals surface area contributed by atoms with Crippen molar-refractivity contribution in [1.82, 2.24) is 31.9 Å². The van der Waals surface area contributed by atoms with Gasteiger partial charge in [0.1, 0.15) is 0 Å². The average molecular weight is 761 g/mol. The minimum absolute atomic E-state index is 0.0509. The molecule has 5 atom stereocenters. The maximum absolute atomic E-state index is 12.8. The fourth-order valence-corrected chi connectivity index (χ4v) is 9.69. The van der Waals surface area contributed by atoms with Crippen LogP contribution in [0.3, 0.4) is 0 Å². The fourth-order valence-electron chi connectivity index (χ4n) is 8.15. The number of thioether (sulfide) groups is 1. The lowest BCUT2D eigenvalue weighted by Gasteiger charge is -2.30. The summed E-state index contributed by atoms with van der Waals surface area (Å²) in [6, 6.07) is 19.3. The summed E-state index contributed by atoms with van der Waals surface area (Å²) in [5.74, 6) is 1.70. The molecular formula is C43H64N6O4S. The number of urea groups is 1. The number of unbranched alkanes of at least 4 members (excludes halogenated alkanes) is 1. The van der Waals surface area contributed by atoms with E-state index in [0.717, 1.165) is 43.7 Å². The number of hydrogen-bond donors (Lipinski definition) is 6. The standard InChI is InChI=1S/C43H64N6O4S/c1-42(2,49-39(51)11-6-5-10-37-40-36(28-54-37)47-41(52)48-40)21-25-53-43(3,4)20-24-45-38(50)17-12-29-8-7-9-32(26-29)30-13-15-31(16-14-30)34-27-35(34)46-33-18-22-44-23-19-33/h7-9,13-16,26,33-37,40,44,46H,5-6,10-12,17-25,27-28H2,1-4H3,(H,45,50)(H,49,51)(H2,47,48,52)/t34-,35+,36-,37-,40-/m0/s1. The van der Waals surface area contributed by atoms with Crippen molar-refractivity contribution in [2.24, 2.45) is 0 Å². The van der Waals surface area contributed by atoms with Crippen LogP contribution in [-0.2, 0) is 20.7 Å². The first-order chi connectivity index (χ1) is 25.9. The van der Waals surface area contributed by atoms with Crippen molar-refractivity contribution in [3.05, 3.63) is 59.7 Å². The van der Waals surface area contributed by atoms with Crippen molar-refractivity contribution in [2.45, 2.75) is 145 Å². The van der Waals surface area contributed by atoms with E-state index in [2.05, 4.69) is 94.3 Å². The van der Waals surface area contributed by atoms with E-state index >= 15 is 0 Å². The molecule has 0 aromatic heterocycles. The Morgan fingerprint density at radius 1 is 0.926 bits per heavy atom. The lowest BCUT2D eigenvalue weighted by atomic mass is 9.99. The number of ether oxygens (including phenoxy) is 1. The van der Waals surface area contributed by atoms with Gasteiger partial charge in [-0.15, -0.1) is 0 Å². The number of piperidine rings is 1. The van der Waals surface area contributed by atoms with Crippen LogP contribution >= 0.6 is 11.8 Å². The fraction of sp³-hybridized carbons (Fsp3) is 0.651. The van der Waals surface area contributed by atoms with Crippen LogP contribution in [0.2, 0.25) is 0 Å². The highest BCUT2D eigenvalue weighted by Gasteiger charge is 2.42. The molecule has 6 rings (SSSR count). The van der Waals surface area contributed by atoms with Gasteiger partial charge in [-0.2, -0.15) is 11.8 Å². The lowest BCUT2D eigenvalue weighted by molar-refractivity contribution is -0.123. The third kappa shape index (κ3) is 12.2. The summed E-state index contributed by atoms with van der Waals surface area (Å²) in [5, 5.41) is 20.0. The van der Waals surface area contributed by atoms with Crippen LogP contribution in [-0.4, -0.2) is 90.4 Å². The molecule has 3 saturated heterocycles. The summed E-state index contributed by atoms with van der Waals surface area (Å²) in [5.41, 5.74) is 4.22. The molecule has 1 aliphatic carbocycles. The molecule has 4 amide bonds. The van der Waals surface area contributed by atoms with Gasteiger partial charge in [-0.3, -0.25) is 9.59 Å². The van der Waals surface area contributed by atoms with Gasteiger partial charge in [0.15, 0.2) is 0 Å². The molecule has 4 fully saturated rings. The summed E-state index contributed by atoms with van der Waals surface area (Å²) >= 11 is 1.91. The van der Waals surface area contributed by atoms with Crippen LogP contribution in [0.15, 0.2) is 48.5 Å². The third-order valence-electron chi connectivity index (χ3n) is 11.6. The van der Waals surface area contributed by atoms with E-state index in [0.29, 0.717) is 68.5 Å². The van der Waals surface area contributed by atoms with Gasteiger partial charge in [0.25, 0.3) is 0 Å². The SMILES string of the molecule is CC(C)(CCOC(C)(C)CCNC(=O)CCc1cccc(-c2ccc([C@@H]3C[C@H]3NC3CCNCC3)cc2)c1)NC(=O)CCCC[C@@H]1SC[C@@H]2NC(=O)N[C@@H]21. The molecular weight excluding hydrogens is 697 g/mol. The van der Waals surface area contributed by atoms with Crippen LogP contribution in [0.1, 0.15) is 109 Å². The quantitative estimate of drug-likeness (QED) is 0.0744. The van der Waals surface area contributed by atoms with Crippen molar-refractivity contribution < 1.29 is 19.1 Å². The van der Waals surface area contributed by atoms with Crippen LogP contribution in [0.5, 0.6) is 0 Å². The van der Waals surface area contributed by atoms with Crippen molar-refractivity contribution in [3.63, 3.8) is 0 Å². The van der Waals surface area contributed by atoms with E-state index in [9.17, 15) is 14.4 Å². The summed E-state index contributed by atoms with van der Waals surface area (Å²) in [7, 11) is 0. The predicted molar refractivity (Wildman–Crippen MR) is 219 cm³/mol. The Hall–Kier alpha value is -3.12. The Kier molecular flexibility index (Phi) is 14.0. The predicted octanol–water partition coefficient (Wildman–Crippen LogP) is 5.80. The van der Waals surface area contributed by atoms with Crippen molar-refractivity contribution in [1.29, 1.82) is 0 Å². The van der Waals surface area contributed by atoms with E-state index in [-0.39, 0.29) is 35.5 Å². The average Bonchev–Trinajstić information content (AvgIpc) is 3.66. The molecule has 2 aromatic rings. The number of amides is 4. The molecule has 3 aliphatic heterocycles. The molecule has 6 N–H and O–H groups in total. The van der Waals surface area contributed by atoms with E-state index in [1.807, 2.05) is 25.6 Å². The van der Waals surface area contributed by atoms with Crippen LogP contribution < -0.4 is 31.9 Å². The van der Waals surface area contributed by atoms with Gasteiger partial charge in [0.2, 0.25) is 11.8 Å². The smallest absolute Gasteiger partial charge is 0.315 e. The molecule has 0 unspecified atom stereocenters. The number of aryl methyl sites for hydroxylation is 1. The highest BCUT2D eigenvalue weighted by Crippen LogP contribution is 2.42. The zero-order valence-electron chi connectivity index (χ0n) is 32.9. The molecule has 2 aromatic carbocycles.